The average Bonchev–Trinajstić information content (AvgIpc) is 2.47. The van der Waals surface area contributed by atoms with Crippen LogP contribution in [0.25, 0.3) is 0 Å². The van der Waals surface area contributed by atoms with E-state index in [0.717, 1.165) is 37.7 Å². The maximum Gasteiger partial charge on any atom is 0.108 e. The average molecular weight is 290 g/mol. The number of benzene rings is 1. The lowest BCUT2D eigenvalue weighted by Crippen LogP contribution is -2.43. The Morgan fingerprint density at radius 3 is 2.86 bits per heavy atom. The van der Waals surface area contributed by atoms with Crippen LogP contribution < -0.4 is 0 Å². The van der Waals surface area contributed by atoms with Gasteiger partial charge >= 0.3 is 0 Å². The number of aryl methyl sites for hydroxylation is 1. The normalized spacial score (nSPS) is 27.5. The van der Waals surface area contributed by atoms with E-state index in [1.165, 1.54) is 12.0 Å². The van der Waals surface area contributed by atoms with Gasteiger partial charge in [0.05, 0.1) is 5.60 Å². The molecule has 1 N–H and O–H groups in total. The summed E-state index contributed by atoms with van der Waals surface area (Å²) in [4.78, 5) is 0. The van der Waals surface area contributed by atoms with Gasteiger partial charge in [0.1, 0.15) is 6.10 Å². The molecular formula is C19H30O2. The molecule has 3 atom stereocenters. The van der Waals surface area contributed by atoms with E-state index in [1.54, 1.807) is 0 Å². The van der Waals surface area contributed by atoms with E-state index in [1.807, 2.05) is 13.0 Å². The molecule has 1 fully saturated rings. The first-order valence-corrected chi connectivity index (χ1v) is 8.52. The van der Waals surface area contributed by atoms with Crippen LogP contribution in [-0.2, 0) is 11.2 Å². The first-order valence-electron chi connectivity index (χ1n) is 8.52. The predicted octanol–water partition coefficient (Wildman–Crippen LogP) is 4.66. The summed E-state index contributed by atoms with van der Waals surface area (Å²) in [5.74, 6) is 0.624. The van der Waals surface area contributed by atoms with Crippen molar-refractivity contribution in [2.24, 2.45) is 5.92 Å². The van der Waals surface area contributed by atoms with E-state index in [0.29, 0.717) is 12.5 Å². The number of aliphatic hydroxyl groups excluding tert-OH is 1. The molecule has 0 amide bonds. The third-order valence-corrected chi connectivity index (χ3v) is 4.73. The maximum absolute atomic E-state index is 11.0. The quantitative estimate of drug-likeness (QED) is 0.825. The second-order valence-corrected chi connectivity index (χ2v) is 6.60. The smallest absolute Gasteiger partial charge is 0.108 e. The van der Waals surface area contributed by atoms with Crippen molar-refractivity contribution in [1.82, 2.24) is 0 Å². The van der Waals surface area contributed by atoms with Crippen molar-refractivity contribution in [1.29, 1.82) is 0 Å². The topological polar surface area (TPSA) is 29.5 Å². The van der Waals surface area contributed by atoms with Crippen molar-refractivity contribution < 1.29 is 9.84 Å². The minimum Gasteiger partial charge on any atom is -0.385 e. The summed E-state index contributed by atoms with van der Waals surface area (Å²) >= 11 is 0. The van der Waals surface area contributed by atoms with Gasteiger partial charge < -0.3 is 9.84 Å². The van der Waals surface area contributed by atoms with Crippen molar-refractivity contribution in [2.75, 3.05) is 6.61 Å². The predicted molar refractivity (Wildman–Crippen MR) is 87.4 cm³/mol. The minimum atomic E-state index is -0.517. The fourth-order valence-corrected chi connectivity index (χ4v) is 3.80. The Labute approximate surface area is 129 Å². The molecule has 0 bridgehead atoms. The standard InChI is InChI=1S/C19H30O2/c1-4-8-16-10-6-11-17(13-16)18(20)19(21-5-2)12-7-9-15(3)14-19/h6,10-11,13,15,18,20H,4-5,7-9,12,14H2,1-3H3. The fourth-order valence-electron chi connectivity index (χ4n) is 3.80. The van der Waals surface area contributed by atoms with E-state index < -0.39 is 11.7 Å². The number of hydrogen-bond donors (Lipinski definition) is 1. The lowest BCUT2D eigenvalue weighted by molar-refractivity contribution is -0.150. The largest absolute Gasteiger partial charge is 0.385 e. The van der Waals surface area contributed by atoms with E-state index in [9.17, 15) is 5.11 Å². The molecule has 1 aromatic carbocycles. The molecule has 0 aromatic heterocycles. The summed E-state index contributed by atoms with van der Waals surface area (Å²) in [5, 5.41) is 11.0. The van der Waals surface area contributed by atoms with Crippen molar-refractivity contribution >= 4 is 0 Å². The van der Waals surface area contributed by atoms with Crippen LogP contribution in [0.5, 0.6) is 0 Å². The molecule has 0 saturated heterocycles. The highest BCUT2D eigenvalue weighted by molar-refractivity contribution is 5.27. The Bertz CT molecular complexity index is 439. The lowest BCUT2D eigenvalue weighted by atomic mass is 9.73. The van der Waals surface area contributed by atoms with Crippen LogP contribution >= 0.6 is 0 Å². The molecule has 0 radical (unpaired) electrons. The van der Waals surface area contributed by atoms with Crippen molar-refractivity contribution in [3.05, 3.63) is 35.4 Å². The second-order valence-electron chi connectivity index (χ2n) is 6.60. The molecule has 0 aliphatic heterocycles. The zero-order chi connectivity index (χ0) is 15.3. The van der Waals surface area contributed by atoms with Gasteiger partial charge in [-0.05, 0) is 43.2 Å². The highest BCUT2D eigenvalue weighted by Crippen LogP contribution is 2.43. The Morgan fingerprint density at radius 2 is 2.19 bits per heavy atom. The Balaban J connectivity index is 2.25. The van der Waals surface area contributed by atoms with Gasteiger partial charge in [-0.1, -0.05) is 57.4 Å². The number of rotatable bonds is 6. The zero-order valence-corrected chi connectivity index (χ0v) is 13.8. The lowest BCUT2D eigenvalue weighted by Gasteiger charge is -2.43. The number of hydrogen-bond acceptors (Lipinski definition) is 2. The van der Waals surface area contributed by atoms with Crippen molar-refractivity contribution in [2.45, 2.75) is 71.0 Å². The van der Waals surface area contributed by atoms with Gasteiger partial charge in [-0.3, -0.25) is 0 Å². The summed E-state index contributed by atoms with van der Waals surface area (Å²) in [6, 6.07) is 8.42. The number of ether oxygens (including phenoxy) is 1. The van der Waals surface area contributed by atoms with E-state index >= 15 is 0 Å². The number of aliphatic hydroxyl groups is 1. The monoisotopic (exact) mass is 290 g/mol. The zero-order valence-electron chi connectivity index (χ0n) is 13.8. The van der Waals surface area contributed by atoms with Gasteiger partial charge in [0, 0.05) is 6.61 Å². The van der Waals surface area contributed by atoms with Gasteiger partial charge in [0.15, 0.2) is 0 Å². The Hall–Kier alpha value is -0.860. The van der Waals surface area contributed by atoms with Gasteiger partial charge in [-0.25, -0.2) is 0 Å². The van der Waals surface area contributed by atoms with Crippen LogP contribution in [0.1, 0.15) is 70.1 Å². The van der Waals surface area contributed by atoms with E-state index in [-0.39, 0.29) is 0 Å². The van der Waals surface area contributed by atoms with Gasteiger partial charge in [0.25, 0.3) is 0 Å². The summed E-state index contributed by atoms with van der Waals surface area (Å²) in [5.41, 5.74) is 1.94. The molecule has 118 valence electrons. The van der Waals surface area contributed by atoms with Crippen LogP contribution in [0, 0.1) is 5.92 Å². The summed E-state index contributed by atoms with van der Waals surface area (Å²) in [7, 11) is 0. The summed E-state index contributed by atoms with van der Waals surface area (Å²) < 4.78 is 6.11. The SMILES string of the molecule is CCCc1cccc(C(O)C2(OCC)CCCC(C)C2)c1. The van der Waals surface area contributed by atoms with E-state index in [4.69, 9.17) is 4.74 Å². The van der Waals surface area contributed by atoms with Gasteiger partial charge in [0.2, 0.25) is 0 Å². The van der Waals surface area contributed by atoms with Crippen LogP contribution in [0.4, 0.5) is 0 Å². The summed E-state index contributed by atoms with van der Waals surface area (Å²) in [6.45, 7) is 7.15. The third-order valence-electron chi connectivity index (χ3n) is 4.73. The second kappa shape index (κ2) is 7.42. The maximum atomic E-state index is 11.0. The highest BCUT2D eigenvalue weighted by Gasteiger charge is 2.42. The molecule has 2 rings (SSSR count). The molecule has 0 heterocycles. The van der Waals surface area contributed by atoms with Crippen LogP contribution in [0.2, 0.25) is 0 Å². The molecule has 2 nitrogen and oxygen atoms in total. The first-order chi connectivity index (χ1) is 10.1. The Morgan fingerprint density at radius 1 is 1.38 bits per heavy atom. The third kappa shape index (κ3) is 3.87. The van der Waals surface area contributed by atoms with Crippen molar-refractivity contribution in [3.8, 4) is 0 Å². The van der Waals surface area contributed by atoms with Crippen LogP contribution in [0.3, 0.4) is 0 Å². The van der Waals surface area contributed by atoms with Gasteiger partial charge in [-0.15, -0.1) is 0 Å². The van der Waals surface area contributed by atoms with Crippen molar-refractivity contribution in [3.63, 3.8) is 0 Å². The molecule has 21 heavy (non-hydrogen) atoms. The molecule has 1 aliphatic carbocycles. The fraction of sp³-hybridized carbons (Fsp3) is 0.684. The molecule has 1 aromatic rings. The molecule has 0 spiro atoms. The first kappa shape index (κ1) is 16.5. The van der Waals surface area contributed by atoms with Crippen LogP contribution in [0.15, 0.2) is 24.3 Å². The Kier molecular flexibility index (Phi) is 5.83. The molecule has 1 saturated carbocycles. The molecule has 3 unspecified atom stereocenters. The molecule has 2 heteroatoms. The minimum absolute atomic E-state index is 0.392. The molecular weight excluding hydrogens is 260 g/mol. The van der Waals surface area contributed by atoms with E-state index in [2.05, 4.69) is 32.0 Å². The highest BCUT2D eigenvalue weighted by atomic mass is 16.5. The van der Waals surface area contributed by atoms with Gasteiger partial charge in [-0.2, -0.15) is 0 Å². The summed E-state index contributed by atoms with van der Waals surface area (Å²) in [6.07, 6.45) is 6.00. The van der Waals surface area contributed by atoms with Crippen LogP contribution in [-0.4, -0.2) is 17.3 Å². The molecule has 1 aliphatic rings.